The van der Waals surface area contributed by atoms with Crippen LogP contribution in [-0.4, -0.2) is 44.4 Å². The van der Waals surface area contributed by atoms with Gasteiger partial charge in [-0.15, -0.1) is 0 Å². The van der Waals surface area contributed by atoms with Crippen molar-refractivity contribution >= 4 is 0 Å². The number of alkyl halides is 3. The van der Waals surface area contributed by atoms with Gasteiger partial charge in [0.1, 0.15) is 12.3 Å². The molecule has 7 atom stereocenters. The molecular formula is C15H25F3O2. The first-order valence-corrected chi connectivity index (χ1v) is 7.65. The molecule has 7 unspecified atom stereocenters. The van der Waals surface area contributed by atoms with Crippen molar-refractivity contribution in [3.05, 3.63) is 0 Å². The summed E-state index contributed by atoms with van der Waals surface area (Å²) >= 11 is 0. The summed E-state index contributed by atoms with van der Waals surface area (Å²) in [6.45, 7) is 2.45. The Kier molecular flexibility index (Phi) is 5.73. The fourth-order valence-corrected chi connectivity index (χ4v) is 3.79. The van der Waals surface area contributed by atoms with Crippen LogP contribution in [0.3, 0.4) is 0 Å². The molecule has 2 saturated carbocycles. The van der Waals surface area contributed by atoms with E-state index in [-0.39, 0.29) is 12.0 Å². The average Bonchev–Trinajstić information content (AvgIpc) is 2.43. The number of ether oxygens (including phenoxy) is 2. The molecule has 2 aliphatic rings. The molecule has 0 radical (unpaired) electrons. The molecular weight excluding hydrogens is 269 g/mol. The van der Waals surface area contributed by atoms with Gasteiger partial charge in [0.25, 0.3) is 0 Å². The lowest BCUT2D eigenvalue weighted by atomic mass is 9.70. The Morgan fingerprint density at radius 2 is 1.65 bits per heavy atom. The Balaban J connectivity index is 1.95. The fraction of sp³-hybridized carbons (Fsp3) is 1.00. The van der Waals surface area contributed by atoms with E-state index in [4.69, 9.17) is 9.47 Å². The van der Waals surface area contributed by atoms with Crippen molar-refractivity contribution in [1.29, 1.82) is 0 Å². The fourth-order valence-electron chi connectivity index (χ4n) is 3.79. The van der Waals surface area contributed by atoms with Crippen LogP contribution >= 0.6 is 0 Å². The van der Waals surface area contributed by atoms with Crippen LogP contribution < -0.4 is 0 Å². The zero-order chi connectivity index (χ0) is 14.7. The summed E-state index contributed by atoms with van der Waals surface area (Å²) in [5.41, 5.74) is 0. The number of hydrogen-bond donors (Lipinski definition) is 0. The third-order valence-electron chi connectivity index (χ3n) is 4.88. The van der Waals surface area contributed by atoms with Crippen molar-refractivity contribution in [3.63, 3.8) is 0 Å². The highest BCUT2D eigenvalue weighted by molar-refractivity contribution is 4.95. The van der Waals surface area contributed by atoms with Crippen LogP contribution in [0, 0.1) is 11.8 Å². The van der Waals surface area contributed by atoms with E-state index in [1.165, 1.54) is 7.11 Å². The number of rotatable bonds is 4. The first-order valence-electron chi connectivity index (χ1n) is 7.65. The smallest absolute Gasteiger partial charge is 0.157 e. The van der Waals surface area contributed by atoms with Crippen molar-refractivity contribution in [2.24, 2.45) is 11.8 Å². The van der Waals surface area contributed by atoms with Crippen LogP contribution in [0.2, 0.25) is 0 Å². The molecule has 0 aromatic carbocycles. The molecule has 0 saturated heterocycles. The number of hydrogen-bond acceptors (Lipinski definition) is 2. The topological polar surface area (TPSA) is 18.5 Å². The van der Waals surface area contributed by atoms with Crippen LogP contribution in [-0.2, 0) is 9.47 Å². The van der Waals surface area contributed by atoms with Crippen LogP contribution in [0.15, 0.2) is 0 Å². The van der Waals surface area contributed by atoms with Gasteiger partial charge < -0.3 is 9.47 Å². The molecule has 2 fully saturated rings. The molecule has 0 spiro atoms. The summed E-state index contributed by atoms with van der Waals surface area (Å²) in [5.74, 6) is -0.897. The van der Waals surface area contributed by atoms with E-state index in [1.807, 2.05) is 6.92 Å². The lowest BCUT2D eigenvalue weighted by Crippen LogP contribution is -2.48. The molecule has 2 rings (SSSR count). The Morgan fingerprint density at radius 1 is 0.950 bits per heavy atom. The van der Waals surface area contributed by atoms with E-state index in [0.717, 1.165) is 6.42 Å². The minimum atomic E-state index is -1.63. The average molecular weight is 294 g/mol. The monoisotopic (exact) mass is 294 g/mol. The van der Waals surface area contributed by atoms with Gasteiger partial charge in [-0.25, -0.2) is 13.2 Å². The highest BCUT2D eigenvalue weighted by Gasteiger charge is 2.47. The minimum absolute atomic E-state index is 0.0687. The molecule has 0 bridgehead atoms. The quantitative estimate of drug-likeness (QED) is 0.788. The van der Waals surface area contributed by atoms with Gasteiger partial charge in [0.05, 0.1) is 12.2 Å². The predicted molar refractivity (Wildman–Crippen MR) is 71.0 cm³/mol. The van der Waals surface area contributed by atoms with Crippen LogP contribution in [0.4, 0.5) is 13.2 Å². The summed E-state index contributed by atoms with van der Waals surface area (Å²) in [7, 11) is 1.40. The van der Waals surface area contributed by atoms with E-state index in [2.05, 4.69) is 0 Å². The standard InChI is InChI=1S/C15H25F3O2/c1-3-20-9-4-5-10(12(16)8-9)11-6-7-13(19-2)15(18)14(11)17/h9-15H,3-8H2,1-2H3. The van der Waals surface area contributed by atoms with Crippen molar-refractivity contribution in [2.75, 3.05) is 13.7 Å². The van der Waals surface area contributed by atoms with Crippen molar-refractivity contribution in [1.82, 2.24) is 0 Å². The highest BCUT2D eigenvalue weighted by Crippen LogP contribution is 2.43. The maximum Gasteiger partial charge on any atom is 0.157 e. The first kappa shape index (κ1) is 16.1. The number of methoxy groups -OCH3 is 1. The molecule has 0 amide bonds. The normalized spacial score (nSPS) is 46.4. The molecule has 118 valence electrons. The lowest BCUT2D eigenvalue weighted by Gasteiger charge is -2.42. The van der Waals surface area contributed by atoms with Gasteiger partial charge in [-0.3, -0.25) is 0 Å². The van der Waals surface area contributed by atoms with Gasteiger partial charge in [-0.05, 0) is 44.4 Å². The molecule has 0 heterocycles. The van der Waals surface area contributed by atoms with E-state index < -0.39 is 30.5 Å². The number of halogens is 3. The summed E-state index contributed by atoms with van der Waals surface area (Å²) in [6.07, 6.45) is -2.46. The second kappa shape index (κ2) is 7.12. The summed E-state index contributed by atoms with van der Waals surface area (Å²) < 4.78 is 52.8. The summed E-state index contributed by atoms with van der Waals surface area (Å²) in [5, 5.41) is 0. The largest absolute Gasteiger partial charge is 0.378 e. The minimum Gasteiger partial charge on any atom is -0.378 e. The van der Waals surface area contributed by atoms with E-state index in [9.17, 15) is 13.2 Å². The third kappa shape index (κ3) is 3.30. The summed E-state index contributed by atoms with van der Waals surface area (Å²) in [4.78, 5) is 0. The Hall–Kier alpha value is -0.290. The SMILES string of the molecule is CCOC1CCC(C2CCC(OC)C(F)C2F)C(F)C1. The van der Waals surface area contributed by atoms with Gasteiger partial charge in [0, 0.05) is 20.1 Å². The van der Waals surface area contributed by atoms with Crippen molar-refractivity contribution in [2.45, 2.75) is 69.8 Å². The van der Waals surface area contributed by atoms with Gasteiger partial charge in [0.15, 0.2) is 6.17 Å². The van der Waals surface area contributed by atoms with Crippen LogP contribution in [0.25, 0.3) is 0 Å². The zero-order valence-corrected chi connectivity index (χ0v) is 12.2. The predicted octanol–water partition coefficient (Wildman–Crippen LogP) is 3.63. The molecule has 0 N–H and O–H groups in total. The maximum absolute atomic E-state index is 14.3. The Morgan fingerprint density at radius 3 is 2.25 bits per heavy atom. The van der Waals surface area contributed by atoms with Crippen LogP contribution in [0.5, 0.6) is 0 Å². The molecule has 0 aliphatic heterocycles. The van der Waals surface area contributed by atoms with Gasteiger partial charge in [-0.1, -0.05) is 0 Å². The van der Waals surface area contributed by atoms with E-state index >= 15 is 0 Å². The second-order valence-corrected chi connectivity index (χ2v) is 5.97. The Labute approximate surface area is 119 Å². The van der Waals surface area contributed by atoms with E-state index in [0.29, 0.717) is 32.3 Å². The van der Waals surface area contributed by atoms with Gasteiger partial charge in [-0.2, -0.15) is 0 Å². The van der Waals surface area contributed by atoms with Crippen molar-refractivity contribution < 1.29 is 22.6 Å². The molecule has 20 heavy (non-hydrogen) atoms. The molecule has 0 aromatic heterocycles. The van der Waals surface area contributed by atoms with Crippen LogP contribution in [0.1, 0.15) is 39.0 Å². The maximum atomic E-state index is 14.3. The molecule has 0 aromatic rings. The van der Waals surface area contributed by atoms with Gasteiger partial charge >= 0.3 is 0 Å². The molecule has 2 nitrogen and oxygen atoms in total. The third-order valence-corrected chi connectivity index (χ3v) is 4.88. The molecule has 5 heteroatoms. The first-order chi connectivity index (χ1) is 9.58. The lowest BCUT2D eigenvalue weighted by molar-refractivity contribution is -0.0909. The van der Waals surface area contributed by atoms with E-state index in [1.54, 1.807) is 0 Å². The van der Waals surface area contributed by atoms with Crippen molar-refractivity contribution in [3.8, 4) is 0 Å². The second-order valence-electron chi connectivity index (χ2n) is 5.97. The zero-order valence-electron chi connectivity index (χ0n) is 12.2. The molecule has 2 aliphatic carbocycles. The highest BCUT2D eigenvalue weighted by atomic mass is 19.2. The summed E-state index contributed by atoms with van der Waals surface area (Å²) in [6, 6.07) is 0. The van der Waals surface area contributed by atoms with Gasteiger partial charge in [0.2, 0.25) is 0 Å². The Bertz CT molecular complexity index is 303.